The summed E-state index contributed by atoms with van der Waals surface area (Å²) in [7, 11) is 3.26. The van der Waals surface area contributed by atoms with Crippen molar-refractivity contribution in [2.75, 3.05) is 20.7 Å². The monoisotopic (exact) mass is 392 g/mol. The Morgan fingerprint density at radius 1 is 1.22 bits per heavy atom. The topological polar surface area (TPSA) is 66.9 Å². The lowest BCUT2D eigenvalue weighted by atomic mass is 9.81. The number of methoxy groups -OCH3 is 1. The molecule has 0 unspecified atom stereocenters. The molecule has 2 atom stereocenters. The van der Waals surface area contributed by atoms with Crippen LogP contribution in [0, 0.1) is 11.8 Å². The second-order valence-corrected chi connectivity index (χ2v) is 7.72. The Labute approximate surface area is 164 Å². The first kappa shape index (κ1) is 19.7. The van der Waals surface area contributed by atoms with Gasteiger partial charge in [0.2, 0.25) is 17.7 Å². The van der Waals surface area contributed by atoms with E-state index in [1.54, 1.807) is 37.3 Å². The molecule has 1 aliphatic heterocycles. The van der Waals surface area contributed by atoms with Gasteiger partial charge in [-0.15, -0.1) is 0 Å². The number of rotatable bonds is 6. The highest BCUT2D eigenvalue weighted by molar-refractivity contribution is 6.30. The van der Waals surface area contributed by atoms with Crippen molar-refractivity contribution in [3.63, 3.8) is 0 Å². The van der Waals surface area contributed by atoms with Gasteiger partial charge in [-0.3, -0.25) is 19.3 Å². The van der Waals surface area contributed by atoms with E-state index in [9.17, 15) is 14.4 Å². The molecule has 27 heavy (non-hydrogen) atoms. The number of carbonyl (C=O) groups excluding carboxylic acids is 3. The van der Waals surface area contributed by atoms with Crippen molar-refractivity contribution in [2.45, 2.75) is 38.6 Å². The van der Waals surface area contributed by atoms with E-state index in [1.807, 2.05) is 0 Å². The van der Waals surface area contributed by atoms with Crippen LogP contribution in [0.2, 0.25) is 5.02 Å². The highest BCUT2D eigenvalue weighted by Gasteiger charge is 2.47. The number of nitrogens with zero attached hydrogens (tertiary/aromatic N) is 2. The highest BCUT2D eigenvalue weighted by atomic mass is 35.5. The SMILES string of the molecule is COc1ccc(Cl)cc1CN(C)C(=O)CCN1C(=O)[C@@H]2CCCC[C@H]2C1=O. The van der Waals surface area contributed by atoms with Crippen LogP contribution in [0.25, 0.3) is 0 Å². The van der Waals surface area contributed by atoms with E-state index in [2.05, 4.69) is 0 Å². The van der Waals surface area contributed by atoms with Gasteiger partial charge in [-0.1, -0.05) is 24.4 Å². The van der Waals surface area contributed by atoms with Crippen molar-refractivity contribution in [3.8, 4) is 5.75 Å². The molecule has 0 spiro atoms. The number of hydrogen-bond donors (Lipinski definition) is 0. The molecule has 2 aliphatic rings. The zero-order valence-electron chi connectivity index (χ0n) is 15.7. The lowest BCUT2D eigenvalue weighted by molar-refractivity contribution is -0.140. The minimum Gasteiger partial charge on any atom is -0.496 e. The molecule has 1 saturated carbocycles. The fourth-order valence-electron chi connectivity index (χ4n) is 4.06. The molecule has 1 heterocycles. The van der Waals surface area contributed by atoms with Crippen molar-refractivity contribution in [3.05, 3.63) is 28.8 Å². The first-order chi connectivity index (χ1) is 12.9. The molecule has 1 aliphatic carbocycles. The molecular weight excluding hydrogens is 368 g/mol. The fraction of sp³-hybridized carbons (Fsp3) is 0.550. The molecule has 2 fully saturated rings. The smallest absolute Gasteiger partial charge is 0.233 e. The summed E-state index contributed by atoms with van der Waals surface area (Å²) in [6.07, 6.45) is 3.69. The van der Waals surface area contributed by atoms with Gasteiger partial charge < -0.3 is 9.64 Å². The van der Waals surface area contributed by atoms with E-state index in [1.165, 1.54) is 4.90 Å². The molecule has 146 valence electrons. The Morgan fingerprint density at radius 2 is 1.85 bits per heavy atom. The average molecular weight is 393 g/mol. The molecular formula is C20H25ClN2O4. The molecule has 0 N–H and O–H groups in total. The second kappa shape index (κ2) is 8.30. The third kappa shape index (κ3) is 4.10. The summed E-state index contributed by atoms with van der Waals surface area (Å²) in [5, 5.41) is 0.572. The average Bonchev–Trinajstić information content (AvgIpc) is 2.91. The van der Waals surface area contributed by atoms with Crippen LogP contribution in [0.3, 0.4) is 0 Å². The van der Waals surface area contributed by atoms with Crippen LogP contribution in [0.4, 0.5) is 0 Å². The van der Waals surface area contributed by atoms with Gasteiger partial charge in [-0.2, -0.15) is 0 Å². The molecule has 1 aromatic rings. The summed E-state index contributed by atoms with van der Waals surface area (Å²) >= 11 is 6.04. The zero-order chi connectivity index (χ0) is 19.6. The van der Waals surface area contributed by atoms with Gasteiger partial charge >= 0.3 is 0 Å². The molecule has 6 nitrogen and oxygen atoms in total. The number of halogens is 1. The number of carbonyl (C=O) groups is 3. The van der Waals surface area contributed by atoms with Crippen molar-refractivity contribution in [2.24, 2.45) is 11.8 Å². The van der Waals surface area contributed by atoms with Crippen molar-refractivity contribution >= 4 is 29.3 Å². The van der Waals surface area contributed by atoms with Crippen LogP contribution in [-0.4, -0.2) is 48.2 Å². The van der Waals surface area contributed by atoms with Crippen molar-refractivity contribution in [1.29, 1.82) is 0 Å². The summed E-state index contributed by atoms with van der Waals surface area (Å²) in [5.41, 5.74) is 0.806. The Bertz CT molecular complexity index is 727. The maximum Gasteiger partial charge on any atom is 0.233 e. The van der Waals surface area contributed by atoms with E-state index in [0.29, 0.717) is 17.3 Å². The molecule has 0 aromatic heterocycles. The molecule has 1 saturated heterocycles. The van der Waals surface area contributed by atoms with Gasteiger partial charge in [0, 0.05) is 37.1 Å². The normalized spacial score (nSPS) is 22.0. The number of fused-ring (bicyclic) bond motifs is 1. The predicted octanol–water partition coefficient (Wildman–Crippen LogP) is 2.87. The number of hydrogen-bond acceptors (Lipinski definition) is 4. The van der Waals surface area contributed by atoms with Crippen LogP contribution in [0.1, 0.15) is 37.7 Å². The van der Waals surface area contributed by atoms with Gasteiger partial charge in [0.1, 0.15) is 5.75 Å². The predicted molar refractivity (Wildman–Crippen MR) is 101 cm³/mol. The van der Waals surface area contributed by atoms with Crippen molar-refractivity contribution in [1.82, 2.24) is 9.80 Å². The lowest BCUT2D eigenvalue weighted by Crippen LogP contribution is -2.36. The third-order valence-electron chi connectivity index (χ3n) is 5.56. The van der Waals surface area contributed by atoms with Crippen LogP contribution in [0.15, 0.2) is 18.2 Å². The summed E-state index contributed by atoms with van der Waals surface area (Å²) in [4.78, 5) is 40.4. The van der Waals surface area contributed by atoms with Crippen molar-refractivity contribution < 1.29 is 19.1 Å². The third-order valence-corrected chi connectivity index (χ3v) is 5.79. The number of likely N-dealkylation sites (tertiary alicyclic amines) is 1. The Kier molecular flexibility index (Phi) is 6.05. The Morgan fingerprint density at radius 3 is 2.44 bits per heavy atom. The number of benzene rings is 1. The van der Waals surface area contributed by atoms with Crippen LogP contribution >= 0.6 is 11.6 Å². The largest absolute Gasteiger partial charge is 0.496 e. The zero-order valence-corrected chi connectivity index (χ0v) is 16.5. The maximum absolute atomic E-state index is 12.5. The summed E-state index contributed by atoms with van der Waals surface area (Å²) < 4.78 is 5.31. The summed E-state index contributed by atoms with van der Waals surface area (Å²) in [6, 6.07) is 5.26. The minimum absolute atomic E-state index is 0.100. The molecule has 1 aromatic carbocycles. The maximum atomic E-state index is 12.5. The van der Waals surface area contributed by atoms with Gasteiger partial charge in [0.05, 0.1) is 18.9 Å². The standard InChI is InChI=1S/C20H25ClN2O4/c1-22(12-13-11-14(21)7-8-17(13)27-2)18(24)9-10-23-19(25)15-5-3-4-6-16(15)20(23)26/h7-8,11,15-16H,3-6,9-10,12H2,1-2H3/t15-,16-/m1/s1. The number of ether oxygens (including phenoxy) is 1. The van der Waals surface area contributed by atoms with E-state index < -0.39 is 0 Å². The molecule has 3 rings (SSSR count). The molecule has 0 radical (unpaired) electrons. The number of imide groups is 1. The van der Waals surface area contributed by atoms with E-state index >= 15 is 0 Å². The van der Waals surface area contributed by atoms with Crippen LogP contribution < -0.4 is 4.74 Å². The van der Waals surface area contributed by atoms with Gasteiger partial charge in [-0.05, 0) is 31.0 Å². The fourth-order valence-corrected chi connectivity index (χ4v) is 4.26. The molecule has 0 bridgehead atoms. The van der Waals surface area contributed by atoms with Gasteiger partial charge in [0.15, 0.2) is 0 Å². The van der Waals surface area contributed by atoms with E-state index in [0.717, 1.165) is 31.2 Å². The van der Waals surface area contributed by atoms with Gasteiger partial charge in [-0.25, -0.2) is 0 Å². The summed E-state index contributed by atoms with van der Waals surface area (Å²) in [6.45, 7) is 0.496. The summed E-state index contributed by atoms with van der Waals surface area (Å²) in [5.74, 6) is -0.0153. The van der Waals surface area contributed by atoms with Crippen LogP contribution in [0.5, 0.6) is 5.75 Å². The minimum atomic E-state index is -0.171. The quantitative estimate of drug-likeness (QED) is 0.698. The van der Waals surface area contributed by atoms with Gasteiger partial charge in [0.25, 0.3) is 0 Å². The molecule has 7 heteroatoms. The van der Waals surface area contributed by atoms with E-state index in [4.69, 9.17) is 16.3 Å². The highest BCUT2D eigenvalue weighted by Crippen LogP contribution is 2.38. The second-order valence-electron chi connectivity index (χ2n) is 7.28. The first-order valence-corrected chi connectivity index (χ1v) is 9.71. The van der Waals surface area contributed by atoms with Crippen LogP contribution in [-0.2, 0) is 20.9 Å². The lowest BCUT2D eigenvalue weighted by Gasteiger charge is -2.21. The first-order valence-electron chi connectivity index (χ1n) is 9.34. The Hall–Kier alpha value is -2.08. The Balaban J connectivity index is 1.58. The van der Waals surface area contributed by atoms with E-state index in [-0.39, 0.29) is 42.5 Å². The number of amides is 3. The molecule has 3 amide bonds.